The Labute approximate surface area is 154 Å². The fourth-order valence-corrected chi connectivity index (χ4v) is 2.98. The molecule has 0 bridgehead atoms. The lowest BCUT2D eigenvalue weighted by Crippen LogP contribution is -2.30. The van der Waals surface area contributed by atoms with E-state index in [4.69, 9.17) is 0 Å². The number of carbonyl (C=O) groups excluding carboxylic acids is 1. The SMILES string of the molecule is C=CC(=O)N(CCCc1ccccc1)c1cccc(Cn2ccnc2)c1. The van der Waals surface area contributed by atoms with E-state index in [9.17, 15) is 4.79 Å². The molecule has 2 aromatic carbocycles. The van der Waals surface area contributed by atoms with Crippen LogP contribution in [0.25, 0.3) is 0 Å². The van der Waals surface area contributed by atoms with Crippen LogP contribution >= 0.6 is 0 Å². The first-order chi connectivity index (χ1) is 12.8. The monoisotopic (exact) mass is 345 g/mol. The smallest absolute Gasteiger partial charge is 0.250 e. The summed E-state index contributed by atoms with van der Waals surface area (Å²) < 4.78 is 2.01. The highest BCUT2D eigenvalue weighted by molar-refractivity contribution is 6.01. The van der Waals surface area contributed by atoms with Gasteiger partial charge < -0.3 is 9.47 Å². The number of aromatic nitrogens is 2. The van der Waals surface area contributed by atoms with Gasteiger partial charge in [0, 0.05) is 31.2 Å². The summed E-state index contributed by atoms with van der Waals surface area (Å²) in [6.45, 7) is 5.04. The van der Waals surface area contributed by atoms with Gasteiger partial charge in [-0.25, -0.2) is 4.98 Å². The van der Waals surface area contributed by atoms with Crippen molar-refractivity contribution in [3.8, 4) is 0 Å². The lowest BCUT2D eigenvalue weighted by Gasteiger charge is -2.22. The molecule has 3 rings (SSSR count). The van der Waals surface area contributed by atoms with Crippen LogP contribution in [0.5, 0.6) is 0 Å². The van der Waals surface area contributed by atoms with Crippen molar-refractivity contribution in [1.29, 1.82) is 0 Å². The highest BCUT2D eigenvalue weighted by Crippen LogP contribution is 2.19. The molecule has 0 spiro atoms. The molecule has 0 aliphatic rings. The zero-order valence-corrected chi connectivity index (χ0v) is 14.8. The number of nitrogens with zero attached hydrogens (tertiary/aromatic N) is 3. The van der Waals surface area contributed by atoms with Gasteiger partial charge >= 0.3 is 0 Å². The maximum atomic E-state index is 12.4. The molecule has 1 heterocycles. The summed E-state index contributed by atoms with van der Waals surface area (Å²) in [5.41, 5.74) is 3.32. The van der Waals surface area contributed by atoms with Crippen LogP contribution in [0.4, 0.5) is 5.69 Å². The highest BCUT2D eigenvalue weighted by atomic mass is 16.2. The minimum atomic E-state index is -0.0714. The average Bonchev–Trinajstić information content (AvgIpc) is 3.19. The summed E-state index contributed by atoms with van der Waals surface area (Å²) >= 11 is 0. The van der Waals surface area contributed by atoms with Crippen molar-refractivity contribution < 1.29 is 4.79 Å². The van der Waals surface area contributed by atoms with Gasteiger partial charge in [-0.3, -0.25) is 4.79 Å². The van der Waals surface area contributed by atoms with E-state index in [-0.39, 0.29) is 5.91 Å². The zero-order valence-electron chi connectivity index (χ0n) is 14.8. The van der Waals surface area contributed by atoms with Crippen molar-refractivity contribution in [2.75, 3.05) is 11.4 Å². The third-order valence-corrected chi connectivity index (χ3v) is 4.28. The molecular weight excluding hydrogens is 322 g/mol. The number of rotatable bonds is 8. The van der Waals surface area contributed by atoms with E-state index < -0.39 is 0 Å². The molecule has 0 N–H and O–H groups in total. The molecule has 0 aliphatic heterocycles. The molecule has 0 atom stereocenters. The van der Waals surface area contributed by atoms with Crippen LogP contribution in [-0.2, 0) is 17.8 Å². The average molecular weight is 345 g/mol. The Morgan fingerprint density at radius 1 is 1.12 bits per heavy atom. The Kier molecular flexibility index (Phi) is 5.99. The van der Waals surface area contributed by atoms with Crippen LogP contribution in [0.2, 0.25) is 0 Å². The third kappa shape index (κ3) is 4.70. The lowest BCUT2D eigenvalue weighted by molar-refractivity contribution is -0.114. The molecule has 4 heteroatoms. The van der Waals surface area contributed by atoms with Gasteiger partial charge in [0.05, 0.1) is 6.33 Å². The summed E-state index contributed by atoms with van der Waals surface area (Å²) in [4.78, 5) is 18.2. The molecule has 0 saturated carbocycles. The van der Waals surface area contributed by atoms with Crippen LogP contribution in [0.15, 0.2) is 86.0 Å². The second kappa shape index (κ2) is 8.81. The first-order valence-corrected chi connectivity index (χ1v) is 8.79. The topological polar surface area (TPSA) is 38.1 Å². The van der Waals surface area contributed by atoms with Gasteiger partial charge in [0.15, 0.2) is 0 Å². The van der Waals surface area contributed by atoms with Gasteiger partial charge in [0.25, 0.3) is 0 Å². The molecule has 132 valence electrons. The molecule has 0 fully saturated rings. The van der Waals surface area contributed by atoms with Gasteiger partial charge in [-0.05, 0) is 42.2 Å². The van der Waals surface area contributed by atoms with E-state index in [0.29, 0.717) is 6.54 Å². The van der Waals surface area contributed by atoms with Gasteiger partial charge in [0.1, 0.15) is 0 Å². The van der Waals surface area contributed by atoms with Crippen molar-refractivity contribution in [2.45, 2.75) is 19.4 Å². The summed E-state index contributed by atoms with van der Waals surface area (Å²) in [7, 11) is 0. The van der Waals surface area contributed by atoms with Gasteiger partial charge in [-0.2, -0.15) is 0 Å². The van der Waals surface area contributed by atoms with E-state index in [1.54, 1.807) is 17.4 Å². The summed E-state index contributed by atoms with van der Waals surface area (Å²) in [5.74, 6) is -0.0714. The molecule has 0 unspecified atom stereocenters. The first kappa shape index (κ1) is 17.7. The zero-order chi connectivity index (χ0) is 18.2. The number of hydrogen-bond donors (Lipinski definition) is 0. The van der Waals surface area contributed by atoms with Gasteiger partial charge in [-0.15, -0.1) is 0 Å². The largest absolute Gasteiger partial charge is 0.333 e. The fraction of sp³-hybridized carbons (Fsp3) is 0.182. The van der Waals surface area contributed by atoms with E-state index in [1.807, 2.05) is 41.1 Å². The van der Waals surface area contributed by atoms with E-state index in [2.05, 4.69) is 35.8 Å². The molecule has 26 heavy (non-hydrogen) atoms. The van der Waals surface area contributed by atoms with Crippen molar-refractivity contribution in [1.82, 2.24) is 9.55 Å². The van der Waals surface area contributed by atoms with Crippen LogP contribution in [0, 0.1) is 0 Å². The second-order valence-electron chi connectivity index (χ2n) is 6.19. The number of carbonyl (C=O) groups is 1. The molecular formula is C22H23N3O. The van der Waals surface area contributed by atoms with Crippen LogP contribution in [0.3, 0.4) is 0 Å². The molecule has 0 aliphatic carbocycles. The Balaban J connectivity index is 1.70. The number of anilines is 1. The molecule has 3 aromatic rings. The number of amides is 1. The molecule has 0 radical (unpaired) electrons. The van der Waals surface area contributed by atoms with Crippen molar-refractivity contribution in [2.24, 2.45) is 0 Å². The minimum Gasteiger partial charge on any atom is -0.333 e. The van der Waals surface area contributed by atoms with Crippen LogP contribution in [-0.4, -0.2) is 22.0 Å². The standard InChI is InChI=1S/C22H23N3O/c1-2-22(26)25(14-7-11-19-8-4-3-5-9-19)21-12-6-10-20(16-21)17-24-15-13-23-18-24/h2-6,8-10,12-13,15-16,18H,1,7,11,14,17H2. The molecule has 1 amide bonds. The first-order valence-electron chi connectivity index (χ1n) is 8.79. The minimum absolute atomic E-state index is 0.0714. The second-order valence-corrected chi connectivity index (χ2v) is 6.19. The number of imidazole rings is 1. The Bertz CT molecular complexity index is 841. The highest BCUT2D eigenvalue weighted by Gasteiger charge is 2.13. The Morgan fingerprint density at radius 2 is 1.92 bits per heavy atom. The number of hydrogen-bond acceptors (Lipinski definition) is 2. The summed E-state index contributed by atoms with van der Waals surface area (Å²) in [5, 5.41) is 0. The van der Waals surface area contributed by atoms with Crippen molar-refractivity contribution >= 4 is 11.6 Å². The quantitative estimate of drug-likeness (QED) is 0.577. The van der Waals surface area contributed by atoms with E-state index >= 15 is 0 Å². The van der Waals surface area contributed by atoms with Gasteiger partial charge in [-0.1, -0.05) is 49.0 Å². The third-order valence-electron chi connectivity index (χ3n) is 4.28. The predicted octanol–water partition coefficient (Wildman–Crippen LogP) is 4.08. The Morgan fingerprint density at radius 3 is 2.65 bits per heavy atom. The van der Waals surface area contributed by atoms with Crippen molar-refractivity contribution in [3.05, 3.63) is 97.1 Å². The summed E-state index contributed by atoms with van der Waals surface area (Å²) in [6.07, 6.45) is 8.70. The normalized spacial score (nSPS) is 10.5. The predicted molar refractivity (Wildman–Crippen MR) is 105 cm³/mol. The lowest BCUT2D eigenvalue weighted by atomic mass is 10.1. The molecule has 1 aromatic heterocycles. The fourth-order valence-electron chi connectivity index (χ4n) is 2.98. The molecule has 4 nitrogen and oxygen atoms in total. The van der Waals surface area contributed by atoms with Crippen molar-refractivity contribution in [3.63, 3.8) is 0 Å². The van der Waals surface area contributed by atoms with E-state index in [1.165, 1.54) is 11.6 Å². The molecule has 0 saturated heterocycles. The Hall–Kier alpha value is -3.14. The summed E-state index contributed by atoms with van der Waals surface area (Å²) in [6, 6.07) is 18.4. The maximum Gasteiger partial charge on any atom is 0.250 e. The number of aryl methyl sites for hydroxylation is 1. The maximum absolute atomic E-state index is 12.4. The number of benzene rings is 2. The van der Waals surface area contributed by atoms with Gasteiger partial charge in [0.2, 0.25) is 5.91 Å². The van der Waals surface area contributed by atoms with Crippen LogP contribution in [0.1, 0.15) is 17.5 Å². The van der Waals surface area contributed by atoms with E-state index in [0.717, 1.165) is 30.6 Å². The van der Waals surface area contributed by atoms with Crippen LogP contribution < -0.4 is 4.90 Å².